The molecule has 0 saturated carbocycles. The average Bonchev–Trinajstić information content (AvgIpc) is 2.56. The lowest BCUT2D eigenvalue weighted by molar-refractivity contribution is 0.0833. The predicted molar refractivity (Wildman–Crippen MR) is 85.7 cm³/mol. The molecule has 2 nitrogen and oxygen atoms in total. The van der Waals surface area contributed by atoms with Crippen LogP contribution in [0.2, 0.25) is 0 Å². The fourth-order valence-corrected chi connectivity index (χ4v) is 1.91. The van der Waals surface area contributed by atoms with E-state index in [0.717, 1.165) is 18.4 Å². The molecule has 0 atom stereocenters. The van der Waals surface area contributed by atoms with Gasteiger partial charge in [0, 0.05) is 23.7 Å². The van der Waals surface area contributed by atoms with Crippen molar-refractivity contribution in [3.8, 4) is 12.0 Å². The Hall–Kier alpha value is -2.53. The van der Waals surface area contributed by atoms with Gasteiger partial charge in [0.05, 0.1) is 0 Å². The Bertz CT molecular complexity index is 623. The zero-order valence-electron chi connectivity index (χ0n) is 12.3. The second kappa shape index (κ2) is 7.91. The maximum atomic E-state index is 12.5. The summed E-state index contributed by atoms with van der Waals surface area (Å²) in [7, 11) is 0. The van der Waals surface area contributed by atoms with E-state index in [4.69, 9.17) is 0 Å². The molecule has 21 heavy (non-hydrogen) atoms. The Morgan fingerprint density at radius 3 is 2.24 bits per heavy atom. The first-order valence-electron chi connectivity index (χ1n) is 7.25. The molecule has 0 fully saturated rings. The molecule has 0 aliphatic heterocycles. The molecule has 0 aliphatic rings. The molecule has 2 aromatic carbocycles. The van der Waals surface area contributed by atoms with Crippen molar-refractivity contribution in [2.24, 2.45) is 0 Å². The smallest absolute Gasteiger partial charge is 0.265 e. The van der Waals surface area contributed by atoms with Gasteiger partial charge in [-0.3, -0.25) is 9.69 Å². The monoisotopic (exact) mass is 277 g/mol. The normalized spacial score (nSPS) is 9.57. The molecule has 0 unspecified atom stereocenters. The number of rotatable bonds is 4. The van der Waals surface area contributed by atoms with Gasteiger partial charge in [0.2, 0.25) is 0 Å². The van der Waals surface area contributed by atoms with E-state index in [9.17, 15) is 4.79 Å². The number of carbonyl (C=O) groups excluding carboxylic acids is 1. The predicted octanol–water partition coefficient (Wildman–Crippen LogP) is 3.94. The second-order valence-electron chi connectivity index (χ2n) is 4.78. The highest BCUT2D eigenvalue weighted by atomic mass is 16.2. The molecule has 0 heterocycles. The molecule has 0 radical (unpaired) electrons. The fourth-order valence-electron chi connectivity index (χ4n) is 1.91. The van der Waals surface area contributed by atoms with Crippen molar-refractivity contribution in [2.45, 2.75) is 19.8 Å². The molecule has 0 N–H and O–H groups in total. The first kappa shape index (κ1) is 14.9. The van der Waals surface area contributed by atoms with E-state index in [1.165, 1.54) is 0 Å². The van der Waals surface area contributed by atoms with Crippen molar-refractivity contribution in [3.05, 3.63) is 71.8 Å². The summed E-state index contributed by atoms with van der Waals surface area (Å²) in [6, 6.07) is 22.0. The number of carbonyl (C=O) groups is 1. The Kier molecular flexibility index (Phi) is 5.60. The van der Waals surface area contributed by atoms with Crippen molar-refractivity contribution in [3.63, 3.8) is 0 Å². The Labute approximate surface area is 126 Å². The minimum atomic E-state index is -0.0347. The van der Waals surface area contributed by atoms with E-state index in [2.05, 4.69) is 18.9 Å². The fraction of sp³-hybridized carbons (Fsp3) is 0.211. The lowest BCUT2D eigenvalue weighted by Gasteiger charge is -2.15. The van der Waals surface area contributed by atoms with Gasteiger partial charge in [-0.2, -0.15) is 0 Å². The molecule has 1 amide bonds. The van der Waals surface area contributed by atoms with E-state index in [1.807, 2.05) is 60.7 Å². The van der Waals surface area contributed by atoms with Gasteiger partial charge in [-0.05, 0) is 36.6 Å². The van der Waals surface area contributed by atoms with Crippen LogP contribution < -0.4 is 0 Å². The van der Waals surface area contributed by atoms with Crippen molar-refractivity contribution in [1.29, 1.82) is 0 Å². The molecule has 0 spiro atoms. The molecule has 0 aliphatic carbocycles. The van der Waals surface area contributed by atoms with Crippen LogP contribution in [0.25, 0.3) is 0 Å². The molecule has 0 saturated heterocycles. The van der Waals surface area contributed by atoms with Gasteiger partial charge in [0.15, 0.2) is 0 Å². The van der Waals surface area contributed by atoms with Crippen LogP contribution in [-0.4, -0.2) is 17.4 Å². The van der Waals surface area contributed by atoms with Gasteiger partial charge in [0.25, 0.3) is 5.91 Å². The summed E-state index contributed by atoms with van der Waals surface area (Å²) in [5.74, 6) is 3.02. The molecular formula is C19H19NO. The number of unbranched alkanes of at least 4 members (excludes halogenated alkanes) is 1. The third kappa shape index (κ3) is 4.50. The molecule has 106 valence electrons. The number of benzene rings is 2. The second-order valence-corrected chi connectivity index (χ2v) is 4.78. The van der Waals surface area contributed by atoms with Crippen molar-refractivity contribution in [1.82, 2.24) is 4.90 Å². The van der Waals surface area contributed by atoms with Crippen molar-refractivity contribution < 1.29 is 4.79 Å². The van der Waals surface area contributed by atoms with E-state index >= 15 is 0 Å². The molecule has 2 rings (SSSR count). The first-order chi connectivity index (χ1) is 10.3. The highest BCUT2D eigenvalue weighted by molar-refractivity contribution is 5.95. The maximum Gasteiger partial charge on any atom is 0.265 e. The summed E-state index contributed by atoms with van der Waals surface area (Å²) >= 11 is 0. The van der Waals surface area contributed by atoms with Crippen LogP contribution in [0.15, 0.2) is 60.7 Å². The molecule has 2 heteroatoms. The standard InChI is InChI=1S/C19H19NO/c1-2-3-15-20(16-14-17-10-6-4-7-11-17)19(21)18-12-8-5-9-13-18/h4-13H,2-3,15H2,1H3. The van der Waals surface area contributed by atoms with E-state index in [0.29, 0.717) is 12.1 Å². The maximum absolute atomic E-state index is 12.5. The zero-order chi connectivity index (χ0) is 14.9. The molecular weight excluding hydrogens is 258 g/mol. The van der Waals surface area contributed by atoms with Gasteiger partial charge in [-0.15, -0.1) is 0 Å². The Balaban J connectivity index is 2.19. The van der Waals surface area contributed by atoms with Crippen LogP contribution in [-0.2, 0) is 0 Å². The summed E-state index contributed by atoms with van der Waals surface area (Å²) in [5, 5.41) is 0. The van der Waals surface area contributed by atoms with Gasteiger partial charge in [-0.1, -0.05) is 49.7 Å². The first-order valence-corrected chi connectivity index (χ1v) is 7.25. The number of hydrogen-bond acceptors (Lipinski definition) is 1. The van der Waals surface area contributed by atoms with Crippen LogP contribution >= 0.6 is 0 Å². The number of amides is 1. The molecule has 2 aromatic rings. The Morgan fingerprint density at radius 2 is 1.62 bits per heavy atom. The van der Waals surface area contributed by atoms with E-state index in [1.54, 1.807) is 4.90 Å². The quantitative estimate of drug-likeness (QED) is 0.612. The van der Waals surface area contributed by atoms with Gasteiger partial charge in [0.1, 0.15) is 0 Å². The van der Waals surface area contributed by atoms with Crippen LogP contribution in [0, 0.1) is 12.0 Å². The van der Waals surface area contributed by atoms with Crippen LogP contribution in [0.3, 0.4) is 0 Å². The summed E-state index contributed by atoms with van der Waals surface area (Å²) in [6.45, 7) is 2.76. The van der Waals surface area contributed by atoms with Crippen LogP contribution in [0.1, 0.15) is 35.7 Å². The molecule has 0 aromatic heterocycles. The van der Waals surface area contributed by atoms with Gasteiger partial charge >= 0.3 is 0 Å². The largest absolute Gasteiger partial charge is 0.268 e. The van der Waals surface area contributed by atoms with Crippen molar-refractivity contribution >= 4 is 5.91 Å². The molecule has 0 bridgehead atoms. The number of hydrogen-bond donors (Lipinski definition) is 0. The van der Waals surface area contributed by atoms with Gasteiger partial charge in [-0.25, -0.2) is 0 Å². The summed E-state index contributed by atoms with van der Waals surface area (Å²) < 4.78 is 0. The SMILES string of the molecule is CCCCN(C#Cc1ccccc1)C(=O)c1ccccc1. The van der Waals surface area contributed by atoms with Crippen LogP contribution in [0.4, 0.5) is 0 Å². The number of nitrogens with zero attached hydrogens (tertiary/aromatic N) is 1. The van der Waals surface area contributed by atoms with E-state index < -0.39 is 0 Å². The lowest BCUT2D eigenvalue weighted by atomic mass is 10.2. The van der Waals surface area contributed by atoms with Gasteiger partial charge < -0.3 is 0 Å². The highest BCUT2D eigenvalue weighted by Crippen LogP contribution is 2.06. The lowest BCUT2D eigenvalue weighted by Crippen LogP contribution is -2.27. The summed E-state index contributed by atoms with van der Waals surface area (Å²) in [4.78, 5) is 14.1. The minimum Gasteiger partial charge on any atom is -0.268 e. The average molecular weight is 277 g/mol. The summed E-state index contributed by atoms with van der Waals surface area (Å²) in [5.41, 5.74) is 1.59. The van der Waals surface area contributed by atoms with Crippen molar-refractivity contribution in [2.75, 3.05) is 6.54 Å². The summed E-state index contributed by atoms with van der Waals surface area (Å²) in [6.07, 6.45) is 1.98. The highest BCUT2D eigenvalue weighted by Gasteiger charge is 2.12. The third-order valence-electron chi connectivity index (χ3n) is 3.11. The van der Waals surface area contributed by atoms with Crippen LogP contribution in [0.5, 0.6) is 0 Å². The van der Waals surface area contributed by atoms with E-state index in [-0.39, 0.29) is 5.91 Å². The third-order valence-corrected chi connectivity index (χ3v) is 3.11. The Morgan fingerprint density at radius 1 is 1.00 bits per heavy atom. The zero-order valence-corrected chi connectivity index (χ0v) is 12.3. The topological polar surface area (TPSA) is 20.3 Å². The minimum absolute atomic E-state index is 0.0347.